The number of carboxylic acids is 1. The van der Waals surface area contributed by atoms with Gasteiger partial charge in [0.1, 0.15) is 0 Å². The van der Waals surface area contributed by atoms with Gasteiger partial charge < -0.3 is 15.2 Å². The molecule has 2 N–H and O–H groups in total. The van der Waals surface area contributed by atoms with Crippen molar-refractivity contribution in [2.45, 2.75) is 19.8 Å². The Hall–Kier alpha value is -1.88. The highest BCUT2D eigenvalue weighted by molar-refractivity contribution is 5.93. The zero-order valence-electron chi connectivity index (χ0n) is 10.5. The van der Waals surface area contributed by atoms with Gasteiger partial charge in [0.15, 0.2) is 0 Å². The first kappa shape index (κ1) is 14.2. The Morgan fingerprint density at radius 2 is 2.11 bits per heavy atom. The lowest BCUT2D eigenvalue weighted by Gasteiger charge is -2.07. The highest BCUT2D eigenvalue weighted by Crippen LogP contribution is 2.15. The third-order valence-electron chi connectivity index (χ3n) is 2.49. The van der Waals surface area contributed by atoms with Crippen LogP contribution in [0.3, 0.4) is 0 Å². The quantitative estimate of drug-likeness (QED) is 0.759. The molecular formula is C13H17NO4. The van der Waals surface area contributed by atoms with Crippen LogP contribution < -0.4 is 5.32 Å². The summed E-state index contributed by atoms with van der Waals surface area (Å²) in [5.74, 6) is -1.07. The Labute approximate surface area is 106 Å². The molecule has 1 rings (SSSR count). The van der Waals surface area contributed by atoms with Gasteiger partial charge in [0, 0.05) is 25.8 Å². The molecule has 0 radical (unpaired) electrons. The largest absolute Gasteiger partial charge is 0.478 e. The third kappa shape index (κ3) is 4.18. The van der Waals surface area contributed by atoms with Gasteiger partial charge in [-0.25, -0.2) is 4.79 Å². The minimum Gasteiger partial charge on any atom is -0.478 e. The molecule has 1 aromatic rings. The van der Waals surface area contributed by atoms with Crippen molar-refractivity contribution in [3.05, 3.63) is 29.3 Å². The predicted octanol–water partition coefficient (Wildman–Crippen LogP) is 2.06. The van der Waals surface area contributed by atoms with Crippen LogP contribution in [0.25, 0.3) is 0 Å². The van der Waals surface area contributed by atoms with Crippen molar-refractivity contribution >= 4 is 17.6 Å². The molecule has 0 heterocycles. The number of aromatic carboxylic acids is 1. The first-order valence-corrected chi connectivity index (χ1v) is 5.67. The summed E-state index contributed by atoms with van der Waals surface area (Å²) in [7, 11) is 1.59. The van der Waals surface area contributed by atoms with Gasteiger partial charge in [-0.05, 0) is 37.1 Å². The summed E-state index contributed by atoms with van der Waals surface area (Å²) in [4.78, 5) is 22.4. The number of carboxylic acid groups (broad SMARTS) is 1. The molecule has 0 fully saturated rings. The summed E-state index contributed by atoms with van der Waals surface area (Å²) in [5.41, 5.74) is 1.48. The molecule has 1 aromatic carbocycles. The Kier molecular flexibility index (Phi) is 5.32. The summed E-state index contributed by atoms with van der Waals surface area (Å²) in [6.07, 6.45) is 1.04. The standard InChI is InChI=1S/C13H17NO4/c1-9-8-10(5-6-11(9)13(16)17)14-12(15)4-3-7-18-2/h5-6,8H,3-4,7H2,1-2H3,(H,14,15)(H,16,17). The maximum atomic E-state index is 11.5. The molecule has 0 aliphatic heterocycles. The summed E-state index contributed by atoms with van der Waals surface area (Å²) >= 11 is 0. The number of benzene rings is 1. The highest BCUT2D eigenvalue weighted by Gasteiger charge is 2.08. The molecule has 0 atom stereocenters. The fourth-order valence-corrected chi connectivity index (χ4v) is 1.58. The molecule has 0 bridgehead atoms. The van der Waals surface area contributed by atoms with E-state index in [0.29, 0.717) is 30.7 Å². The fraction of sp³-hybridized carbons (Fsp3) is 0.385. The molecule has 0 aliphatic carbocycles. The number of carbonyl (C=O) groups excluding carboxylic acids is 1. The fourth-order valence-electron chi connectivity index (χ4n) is 1.58. The van der Waals surface area contributed by atoms with Crippen molar-refractivity contribution < 1.29 is 19.4 Å². The lowest BCUT2D eigenvalue weighted by atomic mass is 10.1. The number of nitrogens with one attached hydrogen (secondary N) is 1. The van der Waals surface area contributed by atoms with Crippen molar-refractivity contribution in [2.24, 2.45) is 0 Å². The number of aryl methyl sites for hydroxylation is 1. The van der Waals surface area contributed by atoms with Crippen molar-refractivity contribution in [3.63, 3.8) is 0 Å². The Bertz CT molecular complexity index is 443. The molecule has 5 nitrogen and oxygen atoms in total. The number of hydrogen-bond acceptors (Lipinski definition) is 3. The number of ether oxygens (including phenoxy) is 1. The molecule has 0 unspecified atom stereocenters. The SMILES string of the molecule is COCCCC(=O)Nc1ccc(C(=O)O)c(C)c1. The summed E-state index contributed by atoms with van der Waals surface area (Å²) in [6, 6.07) is 4.73. The van der Waals surface area contributed by atoms with Crippen molar-refractivity contribution in [2.75, 3.05) is 19.0 Å². The molecule has 98 valence electrons. The lowest BCUT2D eigenvalue weighted by Crippen LogP contribution is -2.12. The minimum atomic E-state index is -0.967. The second-order valence-electron chi connectivity index (χ2n) is 3.98. The molecule has 0 aliphatic rings. The van der Waals surface area contributed by atoms with E-state index >= 15 is 0 Å². The van der Waals surface area contributed by atoms with Gasteiger partial charge in [-0.15, -0.1) is 0 Å². The van der Waals surface area contributed by atoms with Crippen molar-refractivity contribution in [3.8, 4) is 0 Å². The first-order valence-electron chi connectivity index (χ1n) is 5.67. The monoisotopic (exact) mass is 251 g/mol. The van der Waals surface area contributed by atoms with Crippen LogP contribution >= 0.6 is 0 Å². The summed E-state index contributed by atoms with van der Waals surface area (Å²) in [5, 5.41) is 11.6. The number of carbonyl (C=O) groups is 2. The maximum absolute atomic E-state index is 11.5. The average molecular weight is 251 g/mol. The average Bonchev–Trinajstić information content (AvgIpc) is 2.28. The smallest absolute Gasteiger partial charge is 0.335 e. The van der Waals surface area contributed by atoms with Crippen LogP contribution in [0.4, 0.5) is 5.69 Å². The lowest BCUT2D eigenvalue weighted by molar-refractivity contribution is -0.116. The van der Waals surface area contributed by atoms with E-state index in [1.165, 1.54) is 6.07 Å². The van der Waals surface area contributed by atoms with E-state index in [1.807, 2.05) is 0 Å². The number of hydrogen-bond donors (Lipinski definition) is 2. The molecule has 0 saturated carbocycles. The van der Waals surface area contributed by atoms with E-state index in [0.717, 1.165) is 0 Å². The normalized spacial score (nSPS) is 10.1. The van der Waals surface area contributed by atoms with Gasteiger partial charge >= 0.3 is 5.97 Å². The predicted molar refractivity (Wildman–Crippen MR) is 67.9 cm³/mol. The molecule has 0 aromatic heterocycles. The van der Waals surface area contributed by atoms with Gasteiger partial charge in [-0.3, -0.25) is 4.79 Å². The van der Waals surface area contributed by atoms with E-state index in [9.17, 15) is 9.59 Å². The molecule has 5 heteroatoms. The molecular weight excluding hydrogens is 234 g/mol. The Morgan fingerprint density at radius 1 is 1.39 bits per heavy atom. The summed E-state index contributed by atoms with van der Waals surface area (Å²) in [6.45, 7) is 2.24. The zero-order valence-corrected chi connectivity index (χ0v) is 10.5. The van der Waals surface area contributed by atoms with Crippen molar-refractivity contribution in [1.82, 2.24) is 0 Å². The molecule has 0 spiro atoms. The number of rotatable bonds is 6. The van der Waals surface area contributed by atoms with Gasteiger partial charge in [0.25, 0.3) is 0 Å². The van der Waals surface area contributed by atoms with Gasteiger partial charge in [-0.2, -0.15) is 0 Å². The highest BCUT2D eigenvalue weighted by atomic mass is 16.5. The Balaban J connectivity index is 2.60. The van der Waals surface area contributed by atoms with Crippen LogP contribution in [0, 0.1) is 6.92 Å². The van der Waals surface area contributed by atoms with Gasteiger partial charge in [0.2, 0.25) is 5.91 Å². The van der Waals surface area contributed by atoms with E-state index < -0.39 is 5.97 Å². The van der Waals surface area contributed by atoms with Crippen LogP contribution in [0.2, 0.25) is 0 Å². The minimum absolute atomic E-state index is 0.102. The van der Waals surface area contributed by atoms with E-state index in [-0.39, 0.29) is 11.5 Å². The second kappa shape index (κ2) is 6.76. The van der Waals surface area contributed by atoms with Crippen LogP contribution in [0.1, 0.15) is 28.8 Å². The van der Waals surface area contributed by atoms with Crippen LogP contribution in [0.15, 0.2) is 18.2 Å². The van der Waals surface area contributed by atoms with Crippen molar-refractivity contribution in [1.29, 1.82) is 0 Å². The van der Waals surface area contributed by atoms with E-state index in [4.69, 9.17) is 9.84 Å². The molecule has 1 amide bonds. The van der Waals surface area contributed by atoms with Crippen LogP contribution in [-0.4, -0.2) is 30.7 Å². The topological polar surface area (TPSA) is 75.6 Å². The van der Waals surface area contributed by atoms with Crippen LogP contribution in [-0.2, 0) is 9.53 Å². The molecule has 18 heavy (non-hydrogen) atoms. The van der Waals surface area contributed by atoms with Gasteiger partial charge in [0.05, 0.1) is 5.56 Å². The van der Waals surface area contributed by atoms with E-state index in [2.05, 4.69) is 5.32 Å². The maximum Gasteiger partial charge on any atom is 0.335 e. The third-order valence-corrected chi connectivity index (χ3v) is 2.49. The number of methoxy groups -OCH3 is 1. The number of anilines is 1. The summed E-state index contributed by atoms with van der Waals surface area (Å²) < 4.78 is 4.86. The zero-order chi connectivity index (χ0) is 13.5. The second-order valence-corrected chi connectivity index (χ2v) is 3.98. The number of amides is 1. The van der Waals surface area contributed by atoms with Crippen LogP contribution in [0.5, 0.6) is 0 Å². The Morgan fingerprint density at radius 3 is 2.67 bits per heavy atom. The first-order chi connectivity index (χ1) is 8.54. The van der Waals surface area contributed by atoms with E-state index in [1.54, 1.807) is 26.2 Å². The molecule has 0 saturated heterocycles. The van der Waals surface area contributed by atoms with Gasteiger partial charge in [-0.1, -0.05) is 0 Å².